The Labute approximate surface area is 97.6 Å². The van der Waals surface area contributed by atoms with Crippen molar-refractivity contribution in [1.29, 1.82) is 0 Å². The molecule has 17 heavy (non-hydrogen) atoms. The molecule has 0 unspecified atom stereocenters. The topological polar surface area (TPSA) is 69.4 Å². The SMILES string of the molecule is c1[nH][nH]c2cc3nc([C@@H]4CCCN4)nc3cc12. The van der Waals surface area contributed by atoms with E-state index in [1.54, 1.807) is 0 Å². The van der Waals surface area contributed by atoms with Crippen molar-refractivity contribution in [2.75, 3.05) is 6.54 Å². The molecule has 86 valence electrons. The van der Waals surface area contributed by atoms with Gasteiger partial charge < -0.3 is 15.5 Å². The van der Waals surface area contributed by atoms with Crippen molar-refractivity contribution < 1.29 is 0 Å². The molecule has 4 rings (SSSR count). The zero-order valence-corrected chi connectivity index (χ0v) is 9.33. The molecule has 0 saturated carbocycles. The van der Waals surface area contributed by atoms with E-state index in [1.165, 1.54) is 6.42 Å². The van der Waals surface area contributed by atoms with Gasteiger partial charge in [-0.05, 0) is 31.5 Å². The highest BCUT2D eigenvalue weighted by molar-refractivity contribution is 5.92. The largest absolute Gasteiger partial charge is 0.307 e. The summed E-state index contributed by atoms with van der Waals surface area (Å²) in [6.45, 7) is 1.07. The van der Waals surface area contributed by atoms with Gasteiger partial charge in [0.2, 0.25) is 0 Å². The van der Waals surface area contributed by atoms with Gasteiger partial charge in [0.25, 0.3) is 0 Å². The van der Waals surface area contributed by atoms with Crippen molar-refractivity contribution >= 4 is 21.9 Å². The minimum absolute atomic E-state index is 0.340. The molecule has 3 aromatic rings. The van der Waals surface area contributed by atoms with E-state index < -0.39 is 0 Å². The van der Waals surface area contributed by atoms with Gasteiger partial charge in [0.05, 0.1) is 22.6 Å². The van der Waals surface area contributed by atoms with Gasteiger partial charge in [-0.3, -0.25) is 0 Å². The summed E-state index contributed by atoms with van der Waals surface area (Å²) in [6.07, 6.45) is 4.30. The van der Waals surface area contributed by atoms with E-state index in [-0.39, 0.29) is 0 Å². The van der Waals surface area contributed by atoms with E-state index in [0.717, 1.165) is 40.7 Å². The van der Waals surface area contributed by atoms with Crippen molar-refractivity contribution in [3.63, 3.8) is 0 Å². The lowest BCUT2D eigenvalue weighted by atomic mass is 10.2. The number of aromatic amines is 2. The number of aromatic nitrogens is 4. The minimum atomic E-state index is 0.340. The second kappa shape index (κ2) is 3.30. The molecule has 0 radical (unpaired) electrons. The number of imidazole rings is 1. The summed E-state index contributed by atoms with van der Waals surface area (Å²) in [5.41, 5.74) is 3.02. The molecule has 1 atom stereocenters. The average molecular weight is 227 g/mol. The lowest BCUT2D eigenvalue weighted by Crippen LogP contribution is -2.13. The van der Waals surface area contributed by atoms with Crippen molar-refractivity contribution in [2.24, 2.45) is 0 Å². The van der Waals surface area contributed by atoms with Crippen LogP contribution in [0.1, 0.15) is 24.7 Å². The maximum atomic E-state index is 4.62. The summed E-state index contributed by atoms with van der Waals surface area (Å²) < 4.78 is 0. The first-order valence-corrected chi connectivity index (χ1v) is 5.97. The number of nitrogens with one attached hydrogen (secondary N) is 3. The Balaban J connectivity index is 1.89. The van der Waals surface area contributed by atoms with Crippen molar-refractivity contribution in [3.8, 4) is 0 Å². The van der Waals surface area contributed by atoms with Crippen molar-refractivity contribution in [3.05, 3.63) is 24.2 Å². The predicted molar refractivity (Wildman–Crippen MR) is 65.7 cm³/mol. The number of rotatable bonds is 1. The lowest BCUT2D eigenvalue weighted by molar-refractivity contribution is 0.614. The van der Waals surface area contributed by atoms with E-state index in [1.807, 2.05) is 12.3 Å². The molecule has 1 aliphatic rings. The van der Waals surface area contributed by atoms with E-state index in [2.05, 4.69) is 31.5 Å². The Morgan fingerprint density at radius 2 is 2.06 bits per heavy atom. The number of fused-ring (bicyclic) bond motifs is 2. The molecule has 1 aliphatic heterocycles. The fourth-order valence-electron chi connectivity index (χ4n) is 2.52. The molecule has 3 heterocycles. The maximum Gasteiger partial charge on any atom is 0.146 e. The molecule has 0 bridgehead atoms. The molecule has 1 saturated heterocycles. The van der Waals surface area contributed by atoms with Gasteiger partial charge in [0.1, 0.15) is 5.82 Å². The molecule has 3 N–H and O–H groups in total. The van der Waals surface area contributed by atoms with Crippen LogP contribution < -0.4 is 5.32 Å². The van der Waals surface area contributed by atoms with Crippen molar-refractivity contribution in [2.45, 2.75) is 18.9 Å². The summed E-state index contributed by atoms with van der Waals surface area (Å²) in [4.78, 5) is 9.24. The van der Waals surface area contributed by atoms with Crippen LogP contribution in [-0.2, 0) is 0 Å². The third-order valence-corrected chi connectivity index (χ3v) is 3.42. The van der Waals surface area contributed by atoms with Gasteiger partial charge in [-0.1, -0.05) is 0 Å². The number of nitrogens with zero attached hydrogens (tertiary/aromatic N) is 2. The second-order valence-electron chi connectivity index (χ2n) is 4.57. The van der Waals surface area contributed by atoms with Crippen LogP contribution in [0.25, 0.3) is 21.9 Å². The standard InChI is InChI=1S/C12H13N5/c1-2-8(13-3-1)12-15-10-4-7-6-14-17-9(7)5-11(10)16-12/h4-6,8,13-14,17H,1-3H2/t8-/m0/s1. The average Bonchev–Trinajstić information content (AvgIpc) is 3.05. The van der Waals surface area contributed by atoms with Crippen molar-refractivity contribution in [1.82, 2.24) is 25.5 Å². The van der Waals surface area contributed by atoms with E-state index in [0.29, 0.717) is 6.04 Å². The highest BCUT2D eigenvalue weighted by Gasteiger charge is 2.20. The third-order valence-electron chi connectivity index (χ3n) is 3.42. The molecular weight excluding hydrogens is 214 g/mol. The summed E-state index contributed by atoms with van der Waals surface area (Å²) >= 11 is 0. The number of hydrogen-bond donors (Lipinski definition) is 3. The second-order valence-corrected chi connectivity index (χ2v) is 4.57. The first-order chi connectivity index (χ1) is 8.40. The highest BCUT2D eigenvalue weighted by atomic mass is 15.1. The van der Waals surface area contributed by atoms with Crippen LogP contribution >= 0.6 is 0 Å². The van der Waals surface area contributed by atoms with E-state index in [4.69, 9.17) is 0 Å². The summed E-state index contributed by atoms with van der Waals surface area (Å²) in [5.74, 6) is 0.939. The van der Waals surface area contributed by atoms with Gasteiger partial charge in [-0.15, -0.1) is 0 Å². The molecule has 2 aromatic heterocycles. The molecular formula is C12H13N5. The van der Waals surface area contributed by atoms with E-state index in [9.17, 15) is 0 Å². The lowest BCUT2D eigenvalue weighted by Gasteiger charge is -2.03. The van der Waals surface area contributed by atoms with Gasteiger partial charge in [0.15, 0.2) is 0 Å². The fourth-order valence-corrected chi connectivity index (χ4v) is 2.52. The van der Waals surface area contributed by atoms with Crippen LogP contribution in [0.5, 0.6) is 0 Å². The van der Waals surface area contributed by atoms with E-state index >= 15 is 0 Å². The van der Waals surface area contributed by atoms with Crippen LogP contribution in [0.15, 0.2) is 18.3 Å². The first-order valence-electron chi connectivity index (χ1n) is 5.97. The van der Waals surface area contributed by atoms with Crippen LogP contribution in [0.3, 0.4) is 0 Å². The molecule has 1 aromatic carbocycles. The van der Waals surface area contributed by atoms with Gasteiger partial charge in [-0.2, -0.15) is 0 Å². The number of H-pyrrole nitrogens is 2. The Morgan fingerprint density at radius 1 is 1.18 bits per heavy atom. The molecule has 0 spiro atoms. The normalized spacial score (nSPS) is 20.6. The smallest absolute Gasteiger partial charge is 0.146 e. The van der Waals surface area contributed by atoms with Crippen LogP contribution in [0.4, 0.5) is 0 Å². The number of hydrogen-bond acceptors (Lipinski definition) is 3. The third kappa shape index (κ3) is 1.36. The molecule has 1 fully saturated rings. The van der Waals surface area contributed by atoms with Gasteiger partial charge in [-0.25, -0.2) is 9.97 Å². The molecule has 5 nitrogen and oxygen atoms in total. The van der Waals surface area contributed by atoms with Gasteiger partial charge >= 0.3 is 0 Å². The Morgan fingerprint density at radius 3 is 2.88 bits per heavy atom. The van der Waals surface area contributed by atoms with Crippen LogP contribution in [0, 0.1) is 0 Å². The molecule has 5 heteroatoms. The Kier molecular flexibility index (Phi) is 1.78. The zero-order valence-electron chi connectivity index (χ0n) is 9.33. The summed E-state index contributed by atoms with van der Waals surface area (Å²) in [7, 11) is 0. The summed E-state index contributed by atoms with van der Waals surface area (Å²) in [5, 5.41) is 10.6. The highest BCUT2D eigenvalue weighted by Crippen LogP contribution is 2.25. The molecule has 0 aliphatic carbocycles. The van der Waals surface area contributed by atoms with Crippen LogP contribution in [-0.4, -0.2) is 26.7 Å². The Bertz CT molecular complexity index is 626. The Hall–Kier alpha value is -1.88. The fraction of sp³-hybridized carbons (Fsp3) is 0.333. The zero-order chi connectivity index (χ0) is 11.2. The molecule has 0 amide bonds. The predicted octanol–water partition coefficient (Wildman–Crippen LogP) is 1.86. The van der Waals surface area contributed by atoms with Gasteiger partial charge in [0, 0.05) is 11.6 Å². The minimum Gasteiger partial charge on any atom is -0.307 e. The quantitative estimate of drug-likeness (QED) is 0.594. The maximum absolute atomic E-state index is 4.62. The summed E-state index contributed by atoms with van der Waals surface area (Å²) in [6, 6.07) is 4.46. The number of benzene rings is 1. The first kappa shape index (κ1) is 9.18. The monoisotopic (exact) mass is 227 g/mol. The van der Waals surface area contributed by atoms with Crippen LogP contribution in [0.2, 0.25) is 0 Å².